The molecule has 1 rings (SSSR count). The molecule has 0 spiro atoms. The smallest absolute Gasteiger partial charge is 0.222 e. The van der Waals surface area contributed by atoms with Gasteiger partial charge in [0.25, 0.3) is 0 Å². The van der Waals surface area contributed by atoms with Crippen molar-refractivity contribution in [2.75, 3.05) is 85.4 Å². The second kappa shape index (κ2) is 19.6. The van der Waals surface area contributed by atoms with Gasteiger partial charge >= 0.3 is 0 Å². The maximum absolute atomic E-state index is 11.9. The first-order valence-electron chi connectivity index (χ1n) is 16.4. The highest BCUT2D eigenvalue weighted by Crippen LogP contribution is 2.25. The number of carbonyl (C=O) groups excluding carboxylic acids is 1. The average Bonchev–Trinajstić information content (AvgIpc) is 2.87. The Balaban J connectivity index is 2.05. The first-order chi connectivity index (χ1) is 19.5. The van der Waals surface area contributed by atoms with Gasteiger partial charge in [0.1, 0.15) is 0 Å². The first-order valence-corrected chi connectivity index (χ1v) is 16.4. The van der Waals surface area contributed by atoms with Crippen molar-refractivity contribution < 1.29 is 23.7 Å². The molecule has 0 aromatic rings. The van der Waals surface area contributed by atoms with Crippen molar-refractivity contribution in [3.8, 4) is 0 Å². The molecule has 0 aromatic carbocycles. The van der Waals surface area contributed by atoms with Gasteiger partial charge < -0.3 is 29.6 Å². The monoisotopic (exact) mass is 601 g/mol. The van der Waals surface area contributed by atoms with Crippen LogP contribution in [0.2, 0.25) is 0 Å². The van der Waals surface area contributed by atoms with Crippen LogP contribution in [0.5, 0.6) is 0 Å². The molecule has 1 heterocycles. The minimum atomic E-state index is -0.186. The van der Waals surface area contributed by atoms with Crippen LogP contribution in [0.15, 0.2) is 0 Å². The van der Waals surface area contributed by atoms with Crippen LogP contribution in [-0.4, -0.2) is 123 Å². The Hall–Kier alpha value is -0.810. The van der Waals surface area contributed by atoms with Crippen LogP contribution in [0.1, 0.15) is 101 Å². The lowest BCUT2D eigenvalue weighted by Gasteiger charge is -2.36. The summed E-state index contributed by atoms with van der Waals surface area (Å²) in [6.07, 6.45) is 4.19. The van der Waals surface area contributed by atoms with Gasteiger partial charge in [-0.2, -0.15) is 0 Å². The van der Waals surface area contributed by atoms with Crippen molar-refractivity contribution in [3.63, 3.8) is 0 Å². The molecule has 1 amide bonds. The van der Waals surface area contributed by atoms with Crippen molar-refractivity contribution in [3.05, 3.63) is 0 Å². The largest absolute Gasteiger partial charge is 0.381 e. The Morgan fingerprint density at radius 1 is 0.643 bits per heavy atom. The predicted molar refractivity (Wildman–Crippen MR) is 173 cm³/mol. The molecule has 0 radical (unpaired) electrons. The van der Waals surface area contributed by atoms with Crippen LogP contribution >= 0.6 is 0 Å². The summed E-state index contributed by atoms with van der Waals surface area (Å²) in [6, 6.07) is 0. The maximum Gasteiger partial charge on any atom is 0.222 e. The Morgan fingerprint density at radius 2 is 1.14 bits per heavy atom. The highest BCUT2D eigenvalue weighted by atomic mass is 16.5. The number of ether oxygens (including phenoxy) is 4. The lowest BCUT2D eigenvalue weighted by molar-refractivity contribution is -0.122. The Morgan fingerprint density at radius 3 is 1.67 bits per heavy atom. The molecule has 9 heteroatoms. The average molecular weight is 601 g/mol. The Labute approximate surface area is 259 Å². The normalized spacial score (nSPS) is 16.2. The summed E-state index contributed by atoms with van der Waals surface area (Å²) in [5.74, 6) is 0.0407. The fourth-order valence-corrected chi connectivity index (χ4v) is 4.56. The van der Waals surface area contributed by atoms with E-state index in [1.54, 1.807) is 0 Å². The number of hydrogen-bond donors (Lipinski definition) is 2. The first kappa shape index (κ1) is 39.2. The van der Waals surface area contributed by atoms with Gasteiger partial charge in [-0.3, -0.25) is 14.6 Å². The van der Waals surface area contributed by atoms with Crippen LogP contribution in [-0.2, 0) is 23.7 Å². The molecule has 42 heavy (non-hydrogen) atoms. The summed E-state index contributed by atoms with van der Waals surface area (Å²) in [6.45, 7) is 32.6. The summed E-state index contributed by atoms with van der Waals surface area (Å²) in [4.78, 5) is 16.9. The van der Waals surface area contributed by atoms with Gasteiger partial charge in [0.2, 0.25) is 5.91 Å². The van der Waals surface area contributed by atoms with Crippen LogP contribution in [0.3, 0.4) is 0 Å². The van der Waals surface area contributed by atoms with E-state index in [9.17, 15) is 4.79 Å². The quantitative estimate of drug-likeness (QED) is 0.176. The minimum Gasteiger partial charge on any atom is -0.381 e. The number of nitrogens with one attached hydrogen (secondary N) is 2. The van der Waals surface area contributed by atoms with Gasteiger partial charge in [0.15, 0.2) is 0 Å². The summed E-state index contributed by atoms with van der Waals surface area (Å²) < 4.78 is 24.0. The predicted octanol–water partition coefficient (Wildman–Crippen LogP) is 4.48. The van der Waals surface area contributed by atoms with Gasteiger partial charge in [0.05, 0.1) is 36.6 Å². The van der Waals surface area contributed by atoms with Crippen LogP contribution in [0.4, 0.5) is 0 Å². The molecule has 2 N–H and O–H groups in total. The van der Waals surface area contributed by atoms with Crippen molar-refractivity contribution in [2.24, 2.45) is 0 Å². The summed E-state index contributed by atoms with van der Waals surface area (Å²) in [7, 11) is 0. The zero-order valence-corrected chi connectivity index (χ0v) is 29.2. The zero-order valence-electron chi connectivity index (χ0n) is 29.2. The molecular formula is C33H68N4O5. The lowest BCUT2D eigenvalue weighted by atomic mass is 9.93. The number of nitrogens with zero attached hydrogens (tertiary/aromatic N) is 2. The van der Waals surface area contributed by atoms with E-state index in [1.807, 2.05) is 0 Å². The molecule has 9 nitrogen and oxygen atoms in total. The fourth-order valence-electron chi connectivity index (χ4n) is 4.56. The van der Waals surface area contributed by atoms with E-state index in [0.717, 1.165) is 84.7 Å². The fraction of sp³-hybridized carbons (Fsp3) is 0.970. The van der Waals surface area contributed by atoms with E-state index < -0.39 is 0 Å². The maximum atomic E-state index is 11.9. The third-order valence-electron chi connectivity index (χ3n) is 7.39. The SMILES string of the molecule is CC(C)(C)NCCNC(=O)CCOCCCCOC(C)(C)CCC(C)(C)OCCN1CCN(CCOC(C)(C)C)CC1. The van der Waals surface area contributed by atoms with Crippen LogP contribution < -0.4 is 10.6 Å². The molecule has 0 atom stereocenters. The van der Waals surface area contributed by atoms with Gasteiger partial charge in [-0.05, 0) is 94.9 Å². The molecule has 0 bridgehead atoms. The van der Waals surface area contributed by atoms with Crippen LogP contribution in [0, 0.1) is 0 Å². The lowest BCUT2D eigenvalue weighted by Crippen LogP contribution is -2.48. The number of carbonyl (C=O) groups is 1. The highest BCUT2D eigenvalue weighted by Gasteiger charge is 2.26. The molecule has 1 fully saturated rings. The van der Waals surface area contributed by atoms with Crippen molar-refractivity contribution in [1.29, 1.82) is 0 Å². The number of unbranched alkanes of at least 4 members (excludes halogenated alkanes) is 1. The topological polar surface area (TPSA) is 84.5 Å². The van der Waals surface area contributed by atoms with Gasteiger partial charge in [0, 0.05) is 77.5 Å². The third-order valence-corrected chi connectivity index (χ3v) is 7.39. The van der Waals surface area contributed by atoms with E-state index in [2.05, 4.69) is 89.7 Å². The van der Waals surface area contributed by atoms with Crippen molar-refractivity contribution >= 4 is 5.91 Å². The second-order valence-corrected chi connectivity index (χ2v) is 15.0. The van der Waals surface area contributed by atoms with Gasteiger partial charge in [-0.15, -0.1) is 0 Å². The van der Waals surface area contributed by atoms with Crippen molar-refractivity contribution in [2.45, 2.75) is 124 Å². The molecule has 0 saturated carbocycles. The third kappa shape index (κ3) is 22.7. The van der Waals surface area contributed by atoms with E-state index in [4.69, 9.17) is 18.9 Å². The highest BCUT2D eigenvalue weighted by molar-refractivity contribution is 5.75. The minimum absolute atomic E-state index is 0.0407. The van der Waals surface area contributed by atoms with Crippen LogP contribution in [0.25, 0.3) is 0 Å². The van der Waals surface area contributed by atoms with Gasteiger partial charge in [-0.1, -0.05) is 0 Å². The van der Waals surface area contributed by atoms with E-state index >= 15 is 0 Å². The number of rotatable bonds is 22. The van der Waals surface area contributed by atoms with E-state index in [-0.39, 0.29) is 28.2 Å². The number of hydrogen-bond acceptors (Lipinski definition) is 8. The molecule has 0 aromatic heterocycles. The summed E-state index contributed by atoms with van der Waals surface area (Å²) >= 11 is 0. The number of amides is 1. The Bertz CT molecular complexity index is 710. The van der Waals surface area contributed by atoms with Gasteiger partial charge in [-0.25, -0.2) is 0 Å². The zero-order chi connectivity index (χ0) is 31.7. The van der Waals surface area contributed by atoms with E-state index in [1.165, 1.54) is 0 Å². The molecule has 1 aliphatic heterocycles. The summed E-state index contributed by atoms with van der Waals surface area (Å²) in [5.41, 5.74) is -0.350. The molecule has 1 saturated heterocycles. The molecule has 250 valence electrons. The molecule has 0 aliphatic carbocycles. The standard InChI is InChI=1S/C33H68N4O5/c1-30(2,3)35-17-16-34-29(38)13-26-39-24-11-12-25-41-32(7,8)14-15-33(9,10)42-28-23-37-20-18-36(19-21-37)22-27-40-31(4,5)6/h35H,11-28H2,1-10H3,(H,34,38). The van der Waals surface area contributed by atoms with E-state index in [0.29, 0.717) is 32.8 Å². The van der Waals surface area contributed by atoms with Crippen molar-refractivity contribution in [1.82, 2.24) is 20.4 Å². The summed E-state index contributed by atoms with van der Waals surface area (Å²) in [5, 5.41) is 6.28. The second-order valence-electron chi connectivity index (χ2n) is 15.0. The number of piperazine rings is 1. The Kier molecular flexibility index (Phi) is 18.3. The molecule has 0 unspecified atom stereocenters. The molecule has 1 aliphatic rings. The molecular weight excluding hydrogens is 532 g/mol.